The van der Waals surface area contributed by atoms with Crippen molar-refractivity contribution in [3.63, 3.8) is 0 Å². The number of thioether (sulfide) groups is 1. The van der Waals surface area contributed by atoms with Gasteiger partial charge in [-0.3, -0.25) is 4.99 Å². The van der Waals surface area contributed by atoms with Gasteiger partial charge in [0.25, 0.3) is 0 Å². The Morgan fingerprint density at radius 3 is 1.95 bits per heavy atom. The summed E-state index contributed by atoms with van der Waals surface area (Å²) in [7, 11) is 4.78. The van der Waals surface area contributed by atoms with Crippen LogP contribution in [0.5, 0.6) is 17.2 Å². The molecule has 2 aromatic rings. The van der Waals surface area contributed by atoms with E-state index in [1.54, 1.807) is 39.3 Å². The number of hydrogen-bond donors (Lipinski definition) is 0. The molecule has 0 atom stereocenters. The number of aliphatic imine (C=N–C) groups is 1. The summed E-state index contributed by atoms with van der Waals surface area (Å²) in [6, 6.07) is 11.8. The second-order valence-electron chi connectivity index (χ2n) is 4.41. The van der Waals surface area contributed by atoms with Crippen LogP contribution in [0, 0.1) is 0 Å². The molecule has 0 heterocycles. The molecule has 4 nitrogen and oxygen atoms in total. The normalized spacial score (nSPS) is 10.7. The average Bonchev–Trinajstić information content (AvgIpc) is 2.59. The molecule has 0 aromatic heterocycles. The third-order valence-electron chi connectivity index (χ3n) is 3.12. The van der Waals surface area contributed by atoms with Gasteiger partial charge in [-0.05, 0) is 42.7 Å². The van der Waals surface area contributed by atoms with E-state index in [1.807, 2.05) is 42.7 Å². The van der Waals surface area contributed by atoms with Crippen LogP contribution in [-0.4, -0.2) is 33.8 Å². The summed E-state index contributed by atoms with van der Waals surface area (Å²) in [6.45, 7) is 0. The molecule has 0 radical (unpaired) electrons. The average molecular weight is 317 g/mol. The minimum absolute atomic E-state index is 0.575. The molecule has 2 aromatic carbocycles. The monoisotopic (exact) mass is 317 g/mol. The maximum Gasteiger partial charge on any atom is 0.203 e. The van der Waals surface area contributed by atoms with Gasteiger partial charge < -0.3 is 14.2 Å². The fourth-order valence-corrected chi connectivity index (χ4v) is 2.40. The molecule has 0 aliphatic heterocycles. The lowest BCUT2D eigenvalue weighted by atomic mass is 10.2. The number of nitrogens with zero attached hydrogens (tertiary/aromatic N) is 1. The summed E-state index contributed by atoms with van der Waals surface area (Å²) in [4.78, 5) is 5.69. The topological polar surface area (TPSA) is 40.0 Å². The van der Waals surface area contributed by atoms with E-state index in [1.165, 1.54) is 4.90 Å². The first-order chi connectivity index (χ1) is 10.7. The number of benzene rings is 2. The lowest BCUT2D eigenvalue weighted by Gasteiger charge is -2.12. The van der Waals surface area contributed by atoms with Gasteiger partial charge in [-0.25, -0.2) is 0 Å². The van der Waals surface area contributed by atoms with Crippen molar-refractivity contribution in [3.8, 4) is 17.2 Å². The van der Waals surface area contributed by atoms with Crippen LogP contribution in [0.1, 0.15) is 5.56 Å². The number of rotatable bonds is 6. The zero-order valence-corrected chi connectivity index (χ0v) is 13.9. The Bertz CT molecular complexity index is 628. The Kier molecular flexibility index (Phi) is 5.72. The van der Waals surface area contributed by atoms with Crippen molar-refractivity contribution in [1.29, 1.82) is 0 Å². The second-order valence-corrected chi connectivity index (χ2v) is 5.29. The Morgan fingerprint density at radius 1 is 0.909 bits per heavy atom. The van der Waals surface area contributed by atoms with E-state index in [0.717, 1.165) is 11.3 Å². The van der Waals surface area contributed by atoms with Crippen molar-refractivity contribution in [1.82, 2.24) is 0 Å². The van der Waals surface area contributed by atoms with Gasteiger partial charge in [0.1, 0.15) is 0 Å². The van der Waals surface area contributed by atoms with Gasteiger partial charge in [0.15, 0.2) is 11.5 Å². The second kappa shape index (κ2) is 7.75. The molecule has 116 valence electrons. The van der Waals surface area contributed by atoms with Crippen LogP contribution < -0.4 is 14.2 Å². The van der Waals surface area contributed by atoms with Crippen LogP contribution in [0.3, 0.4) is 0 Å². The molecule has 0 N–H and O–H groups in total. The number of methoxy groups -OCH3 is 3. The molecule has 22 heavy (non-hydrogen) atoms. The molecule has 5 heteroatoms. The van der Waals surface area contributed by atoms with Crippen molar-refractivity contribution >= 4 is 23.7 Å². The highest BCUT2D eigenvalue weighted by molar-refractivity contribution is 7.98. The van der Waals surface area contributed by atoms with Gasteiger partial charge in [0.05, 0.1) is 27.0 Å². The molecule has 0 saturated heterocycles. The summed E-state index contributed by atoms with van der Waals surface area (Å²) in [5.41, 5.74) is 1.77. The molecule has 0 aliphatic carbocycles. The lowest BCUT2D eigenvalue weighted by molar-refractivity contribution is 0.324. The molecule has 0 unspecified atom stereocenters. The zero-order valence-electron chi connectivity index (χ0n) is 13.1. The number of ether oxygens (including phenoxy) is 3. The molecule has 0 bridgehead atoms. The summed E-state index contributed by atoms with van der Waals surface area (Å²) < 4.78 is 16.0. The Balaban J connectivity index is 2.29. The van der Waals surface area contributed by atoms with Crippen molar-refractivity contribution in [3.05, 3.63) is 42.0 Å². The van der Waals surface area contributed by atoms with Crippen LogP contribution in [0.15, 0.2) is 46.3 Å². The largest absolute Gasteiger partial charge is 0.493 e. The Labute approximate surface area is 135 Å². The van der Waals surface area contributed by atoms with E-state index < -0.39 is 0 Å². The van der Waals surface area contributed by atoms with E-state index in [0.29, 0.717) is 17.2 Å². The zero-order chi connectivity index (χ0) is 15.9. The van der Waals surface area contributed by atoms with Crippen LogP contribution in [0.4, 0.5) is 5.69 Å². The highest BCUT2D eigenvalue weighted by Gasteiger charge is 2.12. The van der Waals surface area contributed by atoms with Crippen molar-refractivity contribution in [2.75, 3.05) is 27.6 Å². The van der Waals surface area contributed by atoms with Crippen LogP contribution >= 0.6 is 11.8 Å². The summed E-state index contributed by atoms with van der Waals surface area (Å²) in [6.07, 6.45) is 3.83. The smallest absolute Gasteiger partial charge is 0.203 e. The van der Waals surface area contributed by atoms with Gasteiger partial charge >= 0.3 is 0 Å². The Morgan fingerprint density at radius 2 is 1.50 bits per heavy atom. The summed E-state index contributed by atoms with van der Waals surface area (Å²) in [5.74, 6) is 1.80. The predicted molar refractivity (Wildman–Crippen MR) is 91.6 cm³/mol. The Hall–Kier alpha value is -2.14. The fourth-order valence-electron chi connectivity index (χ4n) is 1.99. The third-order valence-corrected chi connectivity index (χ3v) is 3.87. The molecule has 0 aliphatic rings. The standard InChI is InChI=1S/C17H19NO3S/c1-19-15-9-12(10-16(20-2)17(15)21-3)11-18-13-5-7-14(22-4)8-6-13/h5-11H,1-4H3. The van der Waals surface area contributed by atoms with E-state index in [2.05, 4.69) is 4.99 Å². The van der Waals surface area contributed by atoms with Crippen LogP contribution in [0.2, 0.25) is 0 Å². The van der Waals surface area contributed by atoms with E-state index in [-0.39, 0.29) is 0 Å². The minimum Gasteiger partial charge on any atom is -0.493 e. The first-order valence-corrected chi connectivity index (χ1v) is 7.92. The fraction of sp³-hybridized carbons (Fsp3) is 0.235. The third kappa shape index (κ3) is 3.74. The van der Waals surface area contributed by atoms with Gasteiger partial charge in [0, 0.05) is 16.7 Å². The first-order valence-electron chi connectivity index (χ1n) is 6.70. The minimum atomic E-state index is 0.575. The molecular formula is C17H19NO3S. The van der Waals surface area contributed by atoms with Crippen molar-refractivity contribution in [2.45, 2.75) is 4.90 Å². The molecule has 0 saturated carbocycles. The molecule has 0 fully saturated rings. The molecule has 0 spiro atoms. The summed E-state index contributed by atoms with van der Waals surface area (Å²) >= 11 is 1.71. The lowest BCUT2D eigenvalue weighted by Crippen LogP contribution is -1.96. The van der Waals surface area contributed by atoms with E-state index in [4.69, 9.17) is 14.2 Å². The molecule has 0 amide bonds. The predicted octanol–water partition coefficient (Wildman–Crippen LogP) is 4.18. The van der Waals surface area contributed by atoms with Crippen molar-refractivity contribution in [2.24, 2.45) is 4.99 Å². The van der Waals surface area contributed by atoms with E-state index in [9.17, 15) is 0 Å². The highest BCUT2D eigenvalue weighted by Crippen LogP contribution is 2.37. The van der Waals surface area contributed by atoms with Gasteiger partial charge in [-0.1, -0.05) is 0 Å². The summed E-state index contributed by atoms with van der Waals surface area (Å²) in [5, 5.41) is 0. The van der Waals surface area contributed by atoms with Gasteiger partial charge in [-0.15, -0.1) is 11.8 Å². The SMILES string of the molecule is COc1cc(C=Nc2ccc(SC)cc2)cc(OC)c1OC. The highest BCUT2D eigenvalue weighted by atomic mass is 32.2. The van der Waals surface area contributed by atoms with Gasteiger partial charge in [0.2, 0.25) is 5.75 Å². The number of hydrogen-bond acceptors (Lipinski definition) is 5. The quantitative estimate of drug-likeness (QED) is 0.592. The molecule has 2 rings (SSSR count). The van der Waals surface area contributed by atoms with E-state index >= 15 is 0 Å². The van der Waals surface area contributed by atoms with Crippen LogP contribution in [0.25, 0.3) is 0 Å². The molecular weight excluding hydrogens is 298 g/mol. The van der Waals surface area contributed by atoms with Crippen LogP contribution in [-0.2, 0) is 0 Å². The maximum absolute atomic E-state index is 5.33. The van der Waals surface area contributed by atoms with Crippen molar-refractivity contribution < 1.29 is 14.2 Å². The maximum atomic E-state index is 5.33. The first kappa shape index (κ1) is 16.2. The van der Waals surface area contributed by atoms with Gasteiger partial charge in [-0.2, -0.15) is 0 Å².